The van der Waals surface area contributed by atoms with Crippen LogP contribution in [0.5, 0.6) is 17.2 Å². The predicted octanol–water partition coefficient (Wildman–Crippen LogP) is 3.13. The Morgan fingerprint density at radius 3 is 2.79 bits per heavy atom. The van der Waals surface area contributed by atoms with Gasteiger partial charge in [0, 0.05) is 31.0 Å². The van der Waals surface area contributed by atoms with E-state index < -0.39 is 17.7 Å². The lowest BCUT2D eigenvalue weighted by Gasteiger charge is -2.25. The van der Waals surface area contributed by atoms with E-state index >= 15 is 0 Å². The lowest BCUT2D eigenvalue weighted by molar-refractivity contribution is -0.139. The average molecular weight is 461 g/mol. The molecule has 1 saturated heterocycles. The number of aliphatic hydroxyl groups is 1. The van der Waals surface area contributed by atoms with Crippen LogP contribution in [0.2, 0.25) is 0 Å². The summed E-state index contributed by atoms with van der Waals surface area (Å²) in [5.74, 6) is 0.00937. The van der Waals surface area contributed by atoms with Gasteiger partial charge in [0.2, 0.25) is 6.79 Å². The first-order chi connectivity index (χ1) is 16.6. The summed E-state index contributed by atoms with van der Waals surface area (Å²) in [6.45, 7) is 1.05. The minimum Gasteiger partial charge on any atom is -0.507 e. The fourth-order valence-corrected chi connectivity index (χ4v) is 4.31. The predicted molar refractivity (Wildman–Crippen MR) is 121 cm³/mol. The minimum atomic E-state index is -0.775. The van der Waals surface area contributed by atoms with Gasteiger partial charge in [-0.1, -0.05) is 18.2 Å². The number of hydrogen-bond acceptors (Lipinski definition) is 7. The molecule has 9 heteroatoms. The van der Waals surface area contributed by atoms with Gasteiger partial charge in [0.05, 0.1) is 25.1 Å². The fourth-order valence-electron chi connectivity index (χ4n) is 4.31. The summed E-state index contributed by atoms with van der Waals surface area (Å²) in [6, 6.07) is 11.2. The van der Waals surface area contributed by atoms with Crippen molar-refractivity contribution < 1.29 is 28.9 Å². The summed E-state index contributed by atoms with van der Waals surface area (Å²) in [7, 11) is 1.52. The van der Waals surface area contributed by atoms with E-state index in [9.17, 15) is 14.7 Å². The van der Waals surface area contributed by atoms with Crippen LogP contribution < -0.4 is 14.2 Å². The number of ether oxygens (including phenoxy) is 3. The van der Waals surface area contributed by atoms with Gasteiger partial charge in [0.15, 0.2) is 11.5 Å². The first-order valence-corrected chi connectivity index (χ1v) is 10.8. The number of methoxy groups -OCH3 is 1. The molecule has 0 bridgehead atoms. The standard InChI is InChI=1S/C25H23N3O6/c1-32-18-5-2-4-17(12-18)23(29)21-22(16-6-7-19-20(13-16)34-15-33-19)28(25(31)24(21)30)10-3-9-27-11-8-26-14-27/h2,4-8,11-14,22,29H,3,9-10,15H2,1H3/t22-/m0/s1. The van der Waals surface area contributed by atoms with Crippen molar-refractivity contribution in [2.45, 2.75) is 19.0 Å². The third kappa shape index (κ3) is 3.85. The minimum absolute atomic E-state index is 0.0275. The number of aromatic nitrogens is 2. The molecule has 5 rings (SSSR count). The Hall–Kier alpha value is -4.27. The molecule has 0 unspecified atom stereocenters. The first-order valence-electron chi connectivity index (χ1n) is 10.8. The molecule has 1 N–H and O–H groups in total. The van der Waals surface area contributed by atoms with Crippen molar-refractivity contribution in [2.24, 2.45) is 0 Å². The molecular weight excluding hydrogens is 438 g/mol. The Kier molecular flexibility index (Phi) is 5.67. The molecule has 0 spiro atoms. The van der Waals surface area contributed by atoms with Crippen molar-refractivity contribution >= 4 is 17.4 Å². The van der Waals surface area contributed by atoms with Gasteiger partial charge in [-0.05, 0) is 36.2 Å². The van der Waals surface area contributed by atoms with Crippen molar-refractivity contribution in [3.05, 3.63) is 77.9 Å². The second kappa shape index (κ2) is 8.93. The summed E-state index contributed by atoms with van der Waals surface area (Å²) in [5, 5.41) is 11.2. The maximum Gasteiger partial charge on any atom is 0.295 e. The molecule has 1 amide bonds. The largest absolute Gasteiger partial charge is 0.507 e. The maximum absolute atomic E-state index is 13.2. The van der Waals surface area contributed by atoms with Crippen LogP contribution >= 0.6 is 0 Å². The van der Waals surface area contributed by atoms with Gasteiger partial charge in [-0.15, -0.1) is 0 Å². The van der Waals surface area contributed by atoms with Crippen LogP contribution in [0.3, 0.4) is 0 Å². The fraction of sp³-hybridized carbons (Fsp3) is 0.240. The average Bonchev–Trinajstić information content (AvgIpc) is 3.60. The molecular formula is C25H23N3O6. The van der Waals surface area contributed by atoms with Crippen molar-refractivity contribution in [3.8, 4) is 17.2 Å². The third-order valence-electron chi connectivity index (χ3n) is 5.97. The number of aliphatic hydroxyl groups excluding tert-OH is 1. The molecule has 0 saturated carbocycles. The number of amides is 1. The molecule has 3 aromatic rings. The molecule has 3 heterocycles. The van der Waals surface area contributed by atoms with Crippen LogP contribution in [-0.2, 0) is 16.1 Å². The molecule has 0 radical (unpaired) electrons. The van der Waals surface area contributed by atoms with Crippen LogP contribution in [0, 0.1) is 0 Å². The molecule has 1 fully saturated rings. The van der Waals surface area contributed by atoms with E-state index in [-0.39, 0.29) is 18.1 Å². The van der Waals surface area contributed by atoms with Crippen LogP contribution in [0.1, 0.15) is 23.6 Å². The summed E-state index contributed by atoms with van der Waals surface area (Å²) < 4.78 is 18.1. The summed E-state index contributed by atoms with van der Waals surface area (Å²) in [5.41, 5.74) is 1.07. The van der Waals surface area contributed by atoms with E-state index in [1.807, 2.05) is 10.8 Å². The van der Waals surface area contributed by atoms with E-state index in [4.69, 9.17) is 14.2 Å². The number of imidazole rings is 1. The van der Waals surface area contributed by atoms with Crippen LogP contribution in [-0.4, -0.2) is 51.7 Å². The Labute approximate surface area is 195 Å². The highest BCUT2D eigenvalue weighted by atomic mass is 16.7. The number of aryl methyl sites for hydroxylation is 1. The van der Waals surface area contributed by atoms with E-state index in [2.05, 4.69) is 4.98 Å². The molecule has 2 aliphatic heterocycles. The van der Waals surface area contributed by atoms with Crippen LogP contribution in [0.15, 0.2) is 66.8 Å². The van der Waals surface area contributed by atoms with E-state index in [1.165, 1.54) is 12.0 Å². The number of fused-ring (bicyclic) bond motifs is 1. The summed E-state index contributed by atoms with van der Waals surface area (Å²) >= 11 is 0. The smallest absolute Gasteiger partial charge is 0.295 e. The molecule has 34 heavy (non-hydrogen) atoms. The van der Waals surface area contributed by atoms with Crippen LogP contribution in [0.4, 0.5) is 0 Å². The topological polar surface area (TPSA) is 103 Å². The molecule has 2 aliphatic rings. The zero-order chi connectivity index (χ0) is 23.7. The van der Waals surface area contributed by atoms with Gasteiger partial charge in [0.25, 0.3) is 11.7 Å². The zero-order valence-corrected chi connectivity index (χ0v) is 18.5. The Bertz CT molecular complexity index is 1270. The first kappa shape index (κ1) is 21.6. The second-order valence-electron chi connectivity index (χ2n) is 7.99. The lowest BCUT2D eigenvalue weighted by Crippen LogP contribution is -2.31. The number of benzene rings is 2. The van der Waals surface area contributed by atoms with Crippen molar-refractivity contribution in [1.29, 1.82) is 0 Å². The number of Topliss-reactive ketones (excluding diaryl/α,β-unsaturated/α-hetero) is 1. The molecule has 1 atom stereocenters. The Morgan fingerprint density at radius 2 is 2.00 bits per heavy atom. The van der Waals surface area contributed by atoms with Gasteiger partial charge in [-0.3, -0.25) is 9.59 Å². The number of hydrogen-bond donors (Lipinski definition) is 1. The van der Waals surface area contributed by atoms with Crippen molar-refractivity contribution in [3.63, 3.8) is 0 Å². The highest BCUT2D eigenvalue weighted by Crippen LogP contribution is 2.43. The number of likely N-dealkylation sites (tertiary alicyclic amines) is 1. The zero-order valence-electron chi connectivity index (χ0n) is 18.5. The number of carbonyl (C=O) groups is 2. The molecule has 9 nitrogen and oxygen atoms in total. The van der Waals surface area contributed by atoms with Crippen molar-refractivity contribution in [2.75, 3.05) is 20.4 Å². The number of carbonyl (C=O) groups excluding carboxylic acids is 2. The highest BCUT2D eigenvalue weighted by molar-refractivity contribution is 6.46. The quantitative estimate of drug-likeness (QED) is 0.328. The lowest BCUT2D eigenvalue weighted by atomic mass is 9.95. The molecule has 1 aromatic heterocycles. The van der Waals surface area contributed by atoms with Gasteiger partial charge in [-0.25, -0.2) is 4.98 Å². The van der Waals surface area contributed by atoms with Gasteiger partial charge >= 0.3 is 0 Å². The second-order valence-corrected chi connectivity index (χ2v) is 7.99. The number of rotatable bonds is 7. The summed E-state index contributed by atoms with van der Waals surface area (Å²) in [4.78, 5) is 31.8. The van der Waals surface area contributed by atoms with E-state index in [1.54, 1.807) is 55.0 Å². The normalized spacial score (nSPS) is 18.5. The van der Waals surface area contributed by atoms with Gasteiger partial charge in [0.1, 0.15) is 11.5 Å². The maximum atomic E-state index is 13.2. The van der Waals surface area contributed by atoms with Gasteiger partial charge in [-0.2, -0.15) is 0 Å². The van der Waals surface area contributed by atoms with Crippen LogP contribution in [0.25, 0.3) is 5.76 Å². The van der Waals surface area contributed by atoms with Gasteiger partial charge < -0.3 is 28.8 Å². The molecule has 174 valence electrons. The van der Waals surface area contributed by atoms with E-state index in [0.717, 1.165) is 0 Å². The SMILES string of the molecule is COc1cccc(C(O)=C2C(=O)C(=O)N(CCCn3ccnc3)[C@H]2c2ccc3c(c2)OCO3)c1. The van der Waals surface area contributed by atoms with E-state index in [0.29, 0.717) is 47.9 Å². The monoisotopic (exact) mass is 461 g/mol. The van der Waals surface area contributed by atoms with Crippen molar-refractivity contribution in [1.82, 2.24) is 14.5 Å². The Morgan fingerprint density at radius 1 is 1.15 bits per heavy atom. The molecule has 0 aliphatic carbocycles. The Balaban J connectivity index is 1.55. The molecule has 2 aromatic carbocycles. The third-order valence-corrected chi connectivity index (χ3v) is 5.97. The highest BCUT2D eigenvalue weighted by Gasteiger charge is 2.46. The summed E-state index contributed by atoms with van der Waals surface area (Å²) in [6.07, 6.45) is 5.83. The number of nitrogens with zero attached hydrogens (tertiary/aromatic N) is 3. The number of ketones is 1.